The average molecular weight is 513 g/mol. The first-order valence-electron chi connectivity index (χ1n) is 8.55. The molecule has 31 heavy (non-hydrogen) atoms. The molecule has 2 heterocycles. The first kappa shape index (κ1) is 26.6. The van der Waals surface area contributed by atoms with Gasteiger partial charge < -0.3 is 37.5 Å². The number of nitrogens with one attached hydrogen (secondary N) is 3. The minimum absolute atomic E-state index is 0. The van der Waals surface area contributed by atoms with Crippen molar-refractivity contribution in [3.63, 3.8) is 0 Å². The highest BCUT2D eigenvalue weighted by Gasteiger charge is 2.31. The number of amidine groups is 1. The molecule has 0 unspecified atom stereocenters. The summed E-state index contributed by atoms with van der Waals surface area (Å²) in [5, 5.41) is 13.1. The van der Waals surface area contributed by atoms with Gasteiger partial charge in [-0.2, -0.15) is 0 Å². The van der Waals surface area contributed by atoms with Gasteiger partial charge in [0.05, 0.1) is 17.8 Å². The van der Waals surface area contributed by atoms with E-state index >= 15 is 0 Å². The number of hydrogen-bond acceptors (Lipinski definition) is 3. The van der Waals surface area contributed by atoms with Gasteiger partial charge in [-0.05, 0) is 12.1 Å². The SMILES string of the molecule is Cn1cc(NC(=O)c2cc(NC(=O)C(Cl)(Cl)Cl)cn2C)cc1C(=O)NCCC(N)=[NH2+].[Cl-]. The van der Waals surface area contributed by atoms with Crippen LogP contribution in [0.5, 0.6) is 0 Å². The molecule has 0 bridgehead atoms. The number of halogens is 4. The van der Waals surface area contributed by atoms with E-state index in [0.29, 0.717) is 24.3 Å². The standard InChI is InChI=1S/C17H20Cl3N7O3.ClH/c1-26-7-9(5-11(26)14(28)23-4-3-13(21)22)24-15(29)12-6-10(8-27(12)2)25-16(30)17(18,19)20;/h5-8H,3-4H2,1-2H3,(H3,21,22)(H,23,28)(H,24,29)(H,25,30);1H. The number of carbonyl (C=O) groups is 3. The van der Waals surface area contributed by atoms with Gasteiger partial charge in [0.2, 0.25) is 5.84 Å². The molecule has 2 rings (SSSR count). The Kier molecular flexibility index (Phi) is 9.25. The smallest absolute Gasteiger partial charge is 0.276 e. The third-order valence-electron chi connectivity index (χ3n) is 3.95. The lowest BCUT2D eigenvalue weighted by Crippen LogP contribution is -3.00. The Morgan fingerprint density at radius 1 is 1.00 bits per heavy atom. The molecule has 0 aromatic carbocycles. The van der Waals surface area contributed by atoms with E-state index in [4.69, 9.17) is 45.9 Å². The van der Waals surface area contributed by atoms with Crippen LogP contribution < -0.4 is 39.5 Å². The number of hydrogen-bond donors (Lipinski definition) is 5. The summed E-state index contributed by atoms with van der Waals surface area (Å²) in [6.45, 7) is 0.292. The molecule has 0 radical (unpaired) electrons. The predicted octanol–water partition coefficient (Wildman–Crippen LogP) is -2.84. The fourth-order valence-corrected chi connectivity index (χ4v) is 2.67. The third kappa shape index (κ3) is 7.35. The summed E-state index contributed by atoms with van der Waals surface area (Å²) in [5.74, 6) is -1.43. The molecule has 0 aliphatic carbocycles. The van der Waals surface area contributed by atoms with E-state index in [0.717, 1.165) is 0 Å². The van der Waals surface area contributed by atoms with Crippen LogP contribution in [0.3, 0.4) is 0 Å². The number of aromatic nitrogens is 2. The van der Waals surface area contributed by atoms with Gasteiger partial charge in [0.1, 0.15) is 11.4 Å². The summed E-state index contributed by atoms with van der Waals surface area (Å²) < 4.78 is 0.929. The van der Waals surface area contributed by atoms with Gasteiger partial charge in [-0.1, -0.05) is 34.8 Å². The van der Waals surface area contributed by atoms with E-state index in [9.17, 15) is 14.4 Å². The highest BCUT2D eigenvalue weighted by molar-refractivity contribution is 6.76. The van der Waals surface area contributed by atoms with Crippen molar-refractivity contribution in [2.45, 2.75) is 10.2 Å². The van der Waals surface area contributed by atoms with Crippen molar-refractivity contribution in [3.05, 3.63) is 35.9 Å². The van der Waals surface area contributed by atoms with Crippen LogP contribution in [0.25, 0.3) is 0 Å². The van der Waals surface area contributed by atoms with Crippen LogP contribution in [-0.4, -0.2) is 43.0 Å². The summed E-state index contributed by atoms with van der Waals surface area (Å²) in [6.07, 6.45) is 3.43. The average Bonchev–Trinajstić information content (AvgIpc) is 3.15. The lowest BCUT2D eigenvalue weighted by atomic mass is 10.3. The molecule has 0 saturated heterocycles. The summed E-state index contributed by atoms with van der Waals surface area (Å²) >= 11 is 16.6. The normalized spacial score (nSPS) is 10.7. The molecule has 0 saturated carbocycles. The highest BCUT2D eigenvalue weighted by atomic mass is 35.6. The lowest BCUT2D eigenvalue weighted by Gasteiger charge is -2.09. The molecule has 0 aliphatic rings. The van der Waals surface area contributed by atoms with Gasteiger partial charge in [-0.3, -0.25) is 25.5 Å². The molecule has 3 amide bonds. The van der Waals surface area contributed by atoms with Gasteiger partial charge in [-0.15, -0.1) is 0 Å². The van der Waals surface area contributed by atoms with Crippen LogP contribution in [0.15, 0.2) is 24.5 Å². The fraction of sp³-hybridized carbons (Fsp3) is 0.294. The maximum atomic E-state index is 12.6. The second-order valence-electron chi connectivity index (χ2n) is 6.44. The molecule has 2 aromatic rings. The predicted molar refractivity (Wildman–Crippen MR) is 116 cm³/mol. The monoisotopic (exact) mass is 511 g/mol. The summed E-state index contributed by atoms with van der Waals surface area (Å²) in [7, 11) is 3.28. The Labute approximate surface area is 199 Å². The number of carbonyl (C=O) groups excluding carboxylic acids is 3. The van der Waals surface area contributed by atoms with Gasteiger partial charge in [0.15, 0.2) is 0 Å². The molecule has 7 N–H and O–H groups in total. The number of aryl methyl sites for hydroxylation is 2. The maximum Gasteiger partial charge on any atom is 0.276 e. The van der Waals surface area contributed by atoms with Crippen molar-refractivity contribution in [1.29, 1.82) is 0 Å². The van der Waals surface area contributed by atoms with Crippen molar-refractivity contribution in [2.75, 3.05) is 17.2 Å². The van der Waals surface area contributed by atoms with Gasteiger partial charge >= 0.3 is 0 Å². The Balaban J connectivity index is 0.00000480. The van der Waals surface area contributed by atoms with E-state index in [1.54, 1.807) is 24.9 Å². The van der Waals surface area contributed by atoms with Crippen LogP contribution >= 0.6 is 34.8 Å². The second kappa shape index (κ2) is 10.8. The van der Waals surface area contributed by atoms with Gasteiger partial charge in [-0.25, -0.2) is 0 Å². The zero-order valence-corrected chi connectivity index (χ0v) is 19.5. The first-order valence-corrected chi connectivity index (χ1v) is 9.69. The summed E-state index contributed by atoms with van der Waals surface area (Å²) in [6, 6.07) is 2.95. The maximum absolute atomic E-state index is 12.6. The Morgan fingerprint density at radius 2 is 1.48 bits per heavy atom. The van der Waals surface area contributed by atoms with Crippen molar-refractivity contribution >= 4 is 69.7 Å². The number of anilines is 2. The molecule has 170 valence electrons. The molecule has 0 fully saturated rings. The molecule has 0 atom stereocenters. The Morgan fingerprint density at radius 3 is 1.97 bits per heavy atom. The molecule has 14 heteroatoms. The van der Waals surface area contributed by atoms with E-state index in [2.05, 4.69) is 16.0 Å². The minimum Gasteiger partial charge on any atom is -1.00 e. The molecule has 2 aromatic heterocycles. The van der Waals surface area contributed by atoms with Crippen LogP contribution in [0.2, 0.25) is 0 Å². The topological polar surface area (TPSA) is 149 Å². The van der Waals surface area contributed by atoms with Gasteiger partial charge in [0, 0.05) is 33.0 Å². The van der Waals surface area contributed by atoms with E-state index < -0.39 is 15.6 Å². The summed E-state index contributed by atoms with van der Waals surface area (Å²) in [5.41, 5.74) is 6.63. The van der Waals surface area contributed by atoms with Crippen molar-refractivity contribution in [2.24, 2.45) is 19.8 Å². The van der Waals surface area contributed by atoms with Crippen molar-refractivity contribution in [3.8, 4) is 0 Å². The zero-order chi connectivity index (χ0) is 22.6. The largest absolute Gasteiger partial charge is 1.00 e. The molecular weight excluding hydrogens is 492 g/mol. The molecule has 10 nitrogen and oxygen atoms in total. The van der Waals surface area contributed by atoms with Crippen LogP contribution in [0, 0.1) is 0 Å². The third-order valence-corrected chi connectivity index (χ3v) is 4.46. The minimum atomic E-state index is -2.13. The van der Waals surface area contributed by atoms with Crippen LogP contribution in [0.4, 0.5) is 11.4 Å². The summed E-state index contributed by atoms with van der Waals surface area (Å²) in [4.78, 5) is 36.6. The van der Waals surface area contributed by atoms with Gasteiger partial charge in [0.25, 0.3) is 21.5 Å². The van der Waals surface area contributed by atoms with E-state index in [1.165, 1.54) is 22.9 Å². The lowest BCUT2D eigenvalue weighted by molar-refractivity contribution is -0.118. The fourth-order valence-electron chi connectivity index (χ4n) is 2.53. The van der Waals surface area contributed by atoms with Crippen molar-refractivity contribution < 1.29 is 32.2 Å². The molecule has 0 aliphatic heterocycles. The van der Waals surface area contributed by atoms with E-state index in [-0.39, 0.29) is 35.5 Å². The highest BCUT2D eigenvalue weighted by Crippen LogP contribution is 2.28. The second-order valence-corrected chi connectivity index (χ2v) is 8.72. The van der Waals surface area contributed by atoms with Crippen LogP contribution in [-0.2, 0) is 18.9 Å². The molecular formula is C17H21Cl4N7O3. The number of nitrogens with two attached hydrogens (primary N) is 2. The Hall–Kier alpha value is -2.40. The first-order chi connectivity index (χ1) is 13.9. The number of nitrogens with zero attached hydrogens (tertiary/aromatic N) is 2. The number of alkyl halides is 3. The van der Waals surface area contributed by atoms with Crippen LogP contribution in [0.1, 0.15) is 27.4 Å². The quantitative estimate of drug-likeness (QED) is 0.154. The van der Waals surface area contributed by atoms with Crippen molar-refractivity contribution in [1.82, 2.24) is 14.5 Å². The van der Waals surface area contributed by atoms with E-state index in [1.807, 2.05) is 0 Å². The zero-order valence-electron chi connectivity index (χ0n) is 16.5. The Bertz CT molecular complexity index is 995. The molecule has 0 spiro atoms. The number of amides is 3. The number of rotatable bonds is 7.